The number of benzene rings is 2. The van der Waals surface area contributed by atoms with E-state index in [9.17, 15) is 20.2 Å². The molecular formula is C21H16N4O3S. The summed E-state index contributed by atoms with van der Waals surface area (Å²) in [6, 6.07) is 15.6. The van der Waals surface area contributed by atoms with Gasteiger partial charge in [0.05, 0.1) is 4.92 Å². The van der Waals surface area contributed by atoms with Crippen molar-refractivity contribution in [1.82, 2.24) is 4.98 Å². The topological polar surface area (TPSA) is 109 Å². The molecule has 1 N–H and O–H groups in total. The van der Waals surface area contributed by atoms with Crippen LogP contribution in [-0.2, 0) is 11.2 Å². The highest BCUT2D eigenvalue weighted by atomic mass is 32.1. The van der Waals surface area contributed by atoms with E-state index in [4.69, 9.17) is 0 Å². The number of nitro benzene ring substituents is 1. The Morgan fingerprint density at radius 3 is 2.72 bits per heavy atom. The number of nitrogens with one attached hydrogen (secondary N) is 1. The van der Waals surface area contributed by atoms with Gasteiger partial charge in [-0.25, -0.2) is 4.98 Å². The van der Waals surface area contributed by atoms with Crippen LogP contribution in [0.15, 0.2) is 60.3 Å². The van der Waals surface area contributed by atoms with E-state index in [-0.39, 0.29) is 11.3 Å². The van der Waals surface area contributed by atoms with Crippen LogP contribution in [0.1, 0.15) is 21.6 Å². The van der Waals surface area contributed by atoms with Gasteiger partial charge in [-0.2, -0.15) is 5.26 Å². The molecule has 0 radical (unpaired) electrons. The Kier molecular flexibility index (Phi) is 6.12. The normalized spacial score (nSPS) is 11.0. The largest absolute Gasteiger partial charge is 0.297 e. The standard InChI is InChI=1S/C21H16N4O3S/c1-14-3-2-4-16(9-14)11-19-13-23-21(29-19)24-20(26)17(12-22)10-15-5-7-18(8-6-15)25(27)28/h2-10,13H,11H2,1H3,(H,23,24,26). The molecule has 29 heavy (non-hydrogen) atoms. The molecule has 144 valence electrons. The van der Waals surface area contributed by atoms with E-state index in [0.717, 1.165) is 10.4 Å². The van der Waals surface area contributed by atoms with Crippen LogP contribution in [-0.4, -0.2) is 15.8 Å². The average Bonchev–Trinajstić information content (AvgIpc) is 3.13. The van der Waals surface area contributed by atoms with Gasteiger partial charge in [-0.15, -0.1) is 11.3 Å². The number of nitrogens with zero attached hydrogens (tertiary/aromatic N) is 3. The van der Waals surface area contributed by atoms with E-state index in [1.165, 1.54) is 47.2 Å². The molecule has 8 heteroatoms. The number of hydrogen-bond donors (Lipinski definition) is 1. The molecule has 1 heterocycles. The molecule has 0 spiro atoms. The minimum absolute atomic E-state index is 0.0611. The maximum Gasteiger partial charge on any atom is 0.269 e. The van der Waals surface area contributed by atoms with Crippen LogP contribution in [0.4, 0.5) is 10.8 Å². The van der Waals surface area contributed by atoms with Gasteiger partial charge in [-0.1, -0.05) is 29.8 Å². The highest BCUT2D eigenvalue weighted by Gasteiger charge is 2.13. The highest BCUT2D eigenvalue weighted by molar-refractivity contribution is 7.15. The molecule has 0 bridgehead atoms. The van der Waals surface area contributed by atoms with Crippen LogP contribution in [0.25, 0.3) is 6.08 Å². The number of carbonyl (C=O) groups is 1. The Bertz CT molecular complexity index is 1130. The predicted molar refractivity (Wildman–Crippen MR) is 111 cm³/mol. The zero-order valence-electron chi connectivity index (χ0n) is 15.5. The Hall–Kier alpha value is -3.83. The van der Waals surface area contributed by atoms with Crippen molar-refractivity contribution in [1.29, 1.82) is 5.26 Å². The fourth-order valence-electron chi connectivity index (χ4n) is 2.64. The molecule has 7 nitrogen and oxygen atoms in total. The lowest BCUT2D eigenvalue weighted by molar-refractivity contribution is -0.384. The second kappa shape index (κ2) is 8.91. The summed E-state index contributed by atoms with van der Waals surface area (Å²) in [6.45, 7) is 2.03. The van der Waals surface area contributed by atoms with Gasteiger partial charge in [-0.05, 0) is 36.3 Å². The first-order valence-corrected chi connectivity index (χ1v) is 9.44. The third-order valence-electron chi connectivity index (χ3n) is 4.01. The van der Waals surface area contributed by atoms with Crippen LogP contribution < -0.4 is 5.32 Å². The number of non-ortho nitro benzene ring substituents is 1. The van der Waals surface area contributed by atoms with Crippen molar-refractivity contribution in [3.05, 3.63) is 92.0 Å². The third-order valence-corrected chi connectivity index (χ3v) is 4.93. The van der Waals surface area contributed by atoms with Crippen molar-refractivity contribution in [3.8, 4) is 6.07 Å². The molecule has 0 aliphatic heterocycles. The maximum atomic E-state index is 12.4. The fourth-order valence-corrected chi connectivity index (χ4v) is 3.48. The molecule has 0 aliphatic carbocycles. The molecule has 0 unspecified atom stereocenters. The van der Waals surface area contributed by atoms with Crippen LogP contribution >= 0.6 is 11.3 Å². The number of hydrogen-bond acceptors (Lipinski definition) is 6. The van der Waals surface area contributed by atoms with Crippen LogP contribution in [0.3, 0.4) is 0 Å². The van der Waals surface area contributed by atoms with Gasteiger partial charge in [-0.3, -0.25) is 20.2 Å². The zero-order chi connectivity index (χ0) is 20.8. The van der Waals surface area contributed by atoms with Crippen molar-refractivity contribution in [2.45, 2.75) is 13.3 Å². The molecule has 3 aromatic rings. The van der Waals surface area contributed by atoms with Crippen molar-refractivity contribution in [2.24, 2.45) is 0 Å². The van der Waals surface area contributed by atoms with E-state index in [2.05, 4.69) is 16.4 Å². The van der Waals surface area contributed by atoms with Crippen LogP contribution in [0.5, 0.6) is 0 Å². The molecule has 0 aliphatic rings. The first-order valence-electron chi connectivity index (χ1n) is 8.62. The molecular weight excluding hydrogens is 388 g/mol. The summed E-state index contributed by atoms with van der Waals surface area (Å²) in [4.78, 5) is 27.8. The summed E-state index contributed by atoms with van der Waals surface area (Å²) in [5.41, 5.74) is 2.67. The summed E-state index contributed by atoms with van der Waals surface area (Å²) in [5.74, 6) is -0.581. The van der Waals surface area contributed by atoms with Crippen molar-refractivity contribution >= 4 is 34.1 Å². The van der Waals surface area contributed by atoms with Crippen molar-refractivity contribution in [3.63, 3.8) is 0 Å². The lowest BCUT2D eigenvalue weighted by Crippen LogP contribution is -2.13. The van der Waals surface area contributed by atoms with Crippen LogP contribution in [0.2, 0.25) is 0 Å². The Balaban J connectivity index is 1.69. The number of anilines is 1. The van der Waals surface area contributed by atoms with E-state index in [0.29, 0.717) is 17.1 Å². The summed E-state index contributed by atoms with van der Waals surface area (Å²) in [6.07, 6.45) is 3.79. The molecule has 3 rings (SSSR count). The van der Waals surface area contributed by atoms with Gasteiger partial charge < -0.3 is 0 Å². The zero-order valence-corrected chi connectivity index (χ0v) is 16.3. The molecule has 1 aromatic heterocycles. The van der Waals surface area contributed by atoms with E-state index >= 15 is 0 Å². The lowest BCUT2D eigenvalue weighted by Gasteiger charge is -2.01. The molecule has 0 saturated heterocycles. The number of amides is 1. The Morgan fingerprint density at radius 2 is 2.07 bits per heavy atom. The summed E-state index contributed by atoms with van der Waals surface area (Å²) < 4.78 is 0. The number of thiazole rings is 1. The van der Waals surface area contributed by atoms with Gasteiger partial charge in [0.15, 0.2) is 5.13 Å². The van der Waals surface area contributed by atoms with Crippen LogP contribution in [0, 0.1) is 28.4 Å². The second-order valence-corrected chi connectivity index (χ2v) is 7.39. The quantitative estimate of drug-likeness (QED) is 0.282. The number of rotatable bonds is 6. The second-order valence-electron chi connectivity index (χ2n) is 6.27. The van der Waals surface area contributed by atoms with Gasteiger partial charge >= 0.3 is 0 Å². The van der Waals surface area contributed by atoms with Gasteiger partial charge in [0.25, 0.3) is 11.6 Å². The number of aryl methyl sites for hydroxylation is 1. The van der Waals surface area contributed by atoms with Gasteiger partial charge in [0, 0.05) is 29.6 Å². The number of carbonyl (C=O) groups excluding carboxylic acids is 1. The third kappa shape index (κ3) is 5.34. The SMILES string of the molecule is Cc1cccc(Cc2cnc(NC(=O)C(C#N)=Cc3ccc([N+](=O)[O-])cc3)s2)c1. The molecule has 0 saturated carbocycles. The average molecular weight is 404 g/mol. The van der Waals surface area contributed by atoms with E-state index in [1.807, 2.05) is 31.2 Å². The molecule has 1 amide bonds. The smallest absolute Gasteiger partial charge is 0.269 e. The Morgan fingerprint density at radius 1 is 1.31 bits per heavy atom. The number of nitriles is 1. The number of aromatic nitrogens is 1. The van der Waals surface area contributed by atoms with Crippen molar-refractivity contribution < 1.29 is 9.72 Å². The highest BCUT2D eigenvalue weighted by Crippen LogP contribution is 2.22. The Labute approximate surface area is 171 Å². The minimum Gasteiger partial charge on any atom is -0.297 e. The van der Waals surface area contributed by atoms with Gasteiger partial charge in [0.1, 0.15) is 11.6 Å². The van der Waals surface area contributed by atoms with E-state index in [1.54, 1.807) is 6.20 Å². The van der Waals surface area contributed by atoms with Crippen molar-refractivity contribution in [2.75, 3.05) is 5.32 Å². The predicted octanol–water partition coefficient (Wildman–Crippen LogP) is 4.50. The molecule has 0 atom stereocenters. The summed E-state index contributed by atoms with van der Waals surface area (Å²) in [7, 11) is 0. The van der Waals surface area contributed by atoms with Gasteiger partial charge in [0.2, 0.25) is 0 Å². The lowest BCUT2D eigenvalue weighted by atomic mass is 10.1. The monoisotopic (exact) mass is 404 g/mol. The summed E-state index contributed by atoms with van der Waals surface area (Å²) in [5, 5.41) is 23.0. The molecule has 2 aromatic carbocycles. The first-order chi connectivity index (χ1) is 13.9. The fraction of sp³-hybridized carbons (Fsp3) is 0.0952. The first kappa shape index (κ1) is 19.9. The van der Waals surface area contributed by atoms with E-state index < -0.39 is 10.8 Å². The summed E-state index contributed by atoms with van der Waals surface area (Å²) >= 11 is 1.35. The molecule has 0 fully saturated rings. The minimum atomic E-state index is -0.581. The number of nitro groups is 1. The maximum absolute atomic E-state index is 12.4.